The monoisotopic (exact) mass is 303 g/mol. The highest BCUT2D eigenvalue weighted by atomic mass is 35.5. The number of nitrogens with two attached hydrogens (primary N) is 1. The number of aromatic nitrogens is 2. The molecular formula is C16H15ClFN3. The lowest BCUT2D eigenvalue weighted by molar-refractivity contribution is 0.556. The number of fused-ring (bicyclic) bond motifs is 1. The van der Waals surface area contributed by atoms with Gasteiger partial charge in [0.15, 0.2) is 0 Å². The molecule has 0 saturated heterocycles. The van der Waals surface area contributed by atoms with E-state index in [9.17, 15) is 4.39 Å². The Labute approximate surface area is 127 Å². The first-order valence-corrected chi connectivity index (χ1v) is 7.10. The Hall–Kier alpha value is -1.91. The first-order chi connectivity index (χ1) is 10.1. The fraction of sp³-hybridized carbons (Fsp3) is 0.188. The van der Waals surface area contributed by atoms with Gasteiger partial charge < -0.3 is 10.3 Å². The van der Waals surface area contributed by atoms with E-state index >= 15 is 0 Å². The normalized spacial score (nSPS) is 12.7. The van der Waals surface area contributed by atoms with Crippen LogP contribution < -0.4 is 5.73 Å². The molecule has 1 atom stereocenters. The van der Waals surface area contributed by atoms with Gasteiger partial charge in [0.25, 0.3) is 0 Å². The average Bonchev–Trinajstić information content (AvgIpc) is 2.86. The number of hydrogen-bond acceptors (Lipinski definition) is 2. The standard InChI is InChI=1S/C16H15ClFN3/c17-13-6-5-11(8-14(13)18)7-12(19)9-21-10-20-15-3-1-2-4-16(15)21/h1-6,8,10,12H,7,9,19H2. The van der Waals surface area contributed by atoms with Crippen LogP contribution in [0.25, 0.3) is 11.0 Å². The highest BCUT2D eigenvalue weighted by Gasteiger charge is 2.09. The molecule has 1 unspecified atom stereocenters. The molecule has 3 aromatic rings. The minimum Gasteiger partial charge on any atom is -0.329 e. The average molecular weight is 304 g/mol. The smallest absolute Gasteiger partial charge is 0.142 e. The lowest BCUT2D eigenvalue weighted by atomic mass is 10.1. The van der Waals surface area contributed by atoms with Crippen LogP contribution in [0.4, 0.5) is 4.39 Å². The molecule has 0 saturated carbocycles. The van der Waals surface area contributed by atoms with E-state index in [4.69, 9.17) is 17.3 Å². The zero-order chi connectivity index (χ0) is 14.8. The Morgan fingerprint density at radius 3 is 2.86 bits per heavy atom. The van der Waals surface area contributed by atoms with Gasteiger partial charge in [0.2, 0.25) is 0 Å². The first kappa shape index (κ1) is 14.0. The fourth-order valence-electron chi connectivity index (χ4n) is 2.44. The Balaban J connectivity index is 1.74. The number of imidazole rings is 1. The van der Waals surface area contributed by atoms with E-state index in [1.54, 1.807) is 18.5 Å². The van der Waals surface area contributed by atoms with Crippen molar-refractivity contribution in [2.45, 2.75) is 19.0 Å². The molecule has 108 valence electrons. The Morgan fingerprint density at radius 2 is 2.05 bits per heavy atom. The number of nitrogens with zero attached hydrogens (tertiary/aromatic N) is 2. The molecular weight excluding hydrogens is 289 g/mol. The summed E-state index contributed by atoms with van der Waals surface area (Å²) in [6.07, 6.45) is 2.37. The van der Waals surface area contributed by atoms with Crippen LogP contribution in [-0.4, -0.2) is 15.6 Å². The fourth-order valence-corrected chi connectivity index (χ4v) is 2.56. The van der Waals surface area contributed by atoms with Crippen molar-refractivity contribution in [2.75, 3.05) is 0 Å². The van der Waals surface area contributed by atoms with Gasteiger partial charge in [0.1, 0.15) is 5.82 Å². The summed E-state index contributed by atoms with van der Waals surface area (Å²) < 4.78 is 15.4. The largest absolute Gasteiger partial charge is 0.329 e. The van der Waals surface area contributed by atoms with Gasteiger partial charge in [0.05, 0.1) is 22.4 Å². The van der Waals surface area contributed by atoms with E-state index in [0.29, 0.717) is 13.0 Å². The van der Waals surface area contributed by atoms with Gasteiger partial charge in [-0.2, -0.15) is 0 Å². The minimum atomic E-state index is -0.408. The number of benzene rings is 2. The Kier molecular flexibility index (Phi) is 3.90. The van der Waals surface area contributed by atoms with Crippen LogP contribution >= 0.6 is 11.6 Å². The van der Waals surface area contributed by atoms with Gasteiger partial charge in [-0.25, -0.2) is 9.37 Å². The second-order valence-electron chi connectivity index (χ2n) is 5.10. The van der Waals surface area contributed by atoms with E-state index < -0.39 is 5.82 Å². The van der Waals surface area contributed by atoms with Gasteiger partial charge in [-0.15, -0.1) is 0 Å². The Bertz CT molecular complexity index is 769. The predicted octanol–water partition coefficient (Wildman–Crippen LogP) is 3.40. The van der Waals surface area contributed by atoms with Crippen molar-refractivity contribution >= 4 is 22.6 Å². The third kappa shape index (κ3) is 3.06. The summed E-state index contributed by atoms with van der Waals surface area (Å²) in [6.45, 7) is 0.630. The summed E-state index contributed by atoms with van der Waals surface area (Å²) in [5.74, 6) is -0.408. The zero-order valence-corrected chi connectivity index (χ0v) is 12.1. The van der Waals surface area contributed by atoms with Gasteiger partial charge >= 0.3 is 0 Å². The van der Waals surface area contributed by atoms with Crippen molar-refractivity contribution in [3.8, 4) is 0 Å². The zero-order valence-electron chi connectivity index (χ0n) is 11.3. The number of hydrogen-bond donors (Lipinski definition) is 1. The van der Waals surface area contributed by atoms with E-state index in [-0.39, 0.29) is 11.1 Å². The first-order valence-electron chi connectivity index (χ1n) is 6.73. The molecule has 3 rings (SSSR count). The quantitative estimate of drug-likeness (QED) is 0.803. The van der Waals surface area contributed by atoms with Crippen LogP contribution in [0.2, 0.25) is 5.02 Å². The van der Waals surface area contributed by atoms with Gasteiger partial charge in [0, 0.05) is 12.6 Å². The maximum Gasteiger partial charge on any atom is 0.142 e. The molecule has 0 aliphatic heterocycles. The van der Waals surface area contributed by atoms with E-state index in [1.165, 1.54) is 6.07 Å². The highest BCUT2D eigenvalue weighted by Crippen LogP contribution is 2.17. The van der Waals surface area contributed by atoms with Crippen LogP contribution in [0.5, 0.6) is 0 Å². The maximum atomic E-state index is 13.4. The third-order valence-electron chi connectivity index (χ3n) is 3.44. The van der Waals surface area contributed by atoms with Crippen LogP contribution in [0.3, 0.4) is 0 Å². The molecule has 1 aromatic heterocycles. The molecule has 0 bridgehead atoms. The van der Waals surface area contributed by atoms with Crippen molar-refractivity contribution in [3.05, 3.63) is 65.2 Å². The molecule has 21 heavy (non-hydrogen) atoms. The lowest BCUT2D eigenvalue weighted by Gasteiger charge is -2.13. The summed E-state index contributed by atoms with van der Waals surface area (Å²) >= 11 is 5.68. The van der Waals surface area contributed by atoms with Gasteiger partial charge in [-0.3, -0.25) is 0 Å². The van der Waals surface area contributed by atoms with Crippen molar-refractivity contribution in [1.82, 2.24) is 9.55 Å². The molecule has 0 radical (unpaired) electrons. The second-order valence-corrected chi connectivity index (χ2v) is 5.51. The van der Waals surface area contributed by atoms with Crippen LogP contribution in [0.15, 0.2) is 48.8 Å². The predicted molar refractivity (Wildman–Crippen MR) is 82.8 cm³/mol. The van der Waals surface area contributed by atoms with Crippen LogP contribution in [-0.2, 0) is 13.0 Å². The van der Waals surface area contributed by atoms with Crippen LogP contribution in [0.1, 0.15) is 5.56 Å². The molecule has 0 amide bonds. The van der Waals surface area contributed by atoms with Gasteiger partial charge in [-0.05, 0) is 36.2 Å². The van der Waals surface area contributed by atoms with Crippen LogP contribution in [0, 0.1) is 5.82 Å². The third-order valence-corrected chi connectivity index (χ3v) is 3.75. The molecule has 0 aliphatic carbocycles. The SMILES string of the molecule is NC(Cc1ccc(Cl)c(F)c1)Cn1cnc2ccccc21. The minimum absolute atomic E-state index is 0.122. The number of halogens is 2. The molecule has 1 heterocycles. The van der Waals surface area contributed by atoms with Crippen molar-refractivity contribution in [3.63, 3.8) is 0 Å². The van der Waals surface area contributed by atoms with Crippen molar-refractivity contribution in [1.29, 1.82) is 0 Å². The molecule has 5 heteroatoms. The molecule has 2 N–H and O–H groups in total. The summed E-state index contributed by atoms with van der Waals surface area (Å²) in [6, 6.07) is 12.6. The van der Waals surface area contributed by atoms with Crippen molar-refractivity contribution < 1.29 is 4.39 Å². The highest BCUT2D eigenvalue weighted by molar-refractivity contribution is 6.30. The summed E-state index contributed by atoms with van der Waals surface area (Å²) in [4.78, 5) is 4.33. The second kappa shape index (κ2) is 5.84. The summed E-state index contributed by atoms with van der Waals surface area (Å²) in [5, 5.41) is 0.132. The van der Waals surface area contributed by atoms with E-state index in [2.05, 4.69) is 4.98 Å². The van der Waals surface area contributed by atoms with Crippen molar-refractivity contribution in [2.24, 2.45) is 5.73 Å². The lowest BCUT2D eigenvalue weighted by Crippen LogP contribution is -2.28. The molecule has 0 spiro atoms. The topological polar surface area (TPSA) is 43.8 Å². The molecule has 2 aromatic carbocycles. The van der Waals surface area contributed by atoms with E-state index in [0.717, 1.165) is 16.6 Å². The van der Waals surface area contributed by atoms with Gasteiger partial charge in [-0.1, -0.05) is 29.8 Å². The summed E-state index contributed by atoms with van der Waals surface area (Å²) in [5.41, 5.74) is 9.01. The molecule has 0 fully saturated rings. The number of rotatable bonds is 4. The number of para-hydroxylation sites is 2. The Morgan fingerprint density at radius 1 is 1.24 bits per heavy atom. The summed E-state index contributed by atoms with van der Waals surface area (Å²) in [7, 11) is 0. The molecule has 3 nitrogen and oxygen atoms in total. The molecule has 0 aliphatic rings. The maximum absolute atomic E-state index is 13.4. The van der Waals surface area contributed by atoms with E-state index in [1.807, 2.05) is 28.8 Å².